The predicted octanol–water partition coefficient (Wildman–Crippen LogP) is 4.06. The molecule has 0 saturated heterocycles. The zero-order valence-electron chi connectivity index (χ0n) is 11.2. The van der Waals surface area contributed by atoms with E-state index in [2.05, 4.69) is 0 Å². The van der Waals surface area contributed by atoms with Crippen molar-refractivity contribution in [2.45, 2.75) is 44.3 Å². The Kier molecular flexibility index (Phi) is 4.68. The number of nitrogens with two attached hydrogens (primary N) is 1. The molecular weight excluding hydrogens is 270 g/mol. The Morgan fingerprint density at radius 3 is 2.25 bits per heavy atom. The highest BCUT2D eigenvalue weighted by Crippen LogP contribution is 2.40. The summed E-state index contributed by atoms with van der Waals surface area (Å²) in [6, 6.07) is 6.13. The molecule has 2 N–H and O–H groups in total. The molecule has 5 heteroatoms. The second-order valence-corrected chi connectivity index (χ2v) is 5.61. The molecule has 0 amide bonds. The third-order valence-corrected chi connectivity index (χ3v) is 4.25. The van der Waals surface area contributed by atoms with Gasteiger partial charge in [-0.05, 0) is 49.7 Å². The summed E-state index contributed by atoms with van der Waals surface area (Å²) in [5.74, 6) is -1.44. The maximum absolute atomic E-state index is 13.5. The van der Waals surface area contributed by atoms with Crippen molar-refractivity contribution in [1.82, 2.24) is 0 Å². The number of hydrogen-bond acceptors (Lipinski definition) is 1. The largest absolute Gasteiger partial charge is 0.391 e. The molecule has 112 valence electrons. The Balaban J connectivity index is 1.89. The molecule has 0 aromatic heterocycles. The summed E-state index contributed by atoms with van der Waals surface area (Å²) in [5.41, 5.74) is 6.60. The maximum Gasteiger partial charge on any atom is 0.391 e. The van der Waals surface area contributed by atoms with Crippen molar-refractivity contribution in [3.63, 3.8) is 0 Å². The lowest BCUT2D eigenvalue weighted by Gasteiger charge is -2.33. The molecule has 0 radical (unpaired) electrons. The minimum absolute atomic E-state index is 0.0493. The van der Waals surface area contributed by atoms with Gasteiger partial charge in [0.05, 0.1) is 5.92 Å². The summed E-state index contributed by atoms with van der Waals surface area (Å²) >= 11 is 0. The highest BCUT2D eigenvalue weighted by Gasteiger charge is 2.42. The van der Waals surface area contributed by atoms with Gasteiger partial charge in [-0.1, -0.05) is 18.2 Å². The lowest BCUT2D eigenvalue weighted by atomic mass is 9.77. The van der Waals surface area contributed by atoms with E-state index in [9.17, 15) is 17.6 Å². The van der Waals surface area contributed by atoms with Crippen LogP contribution in [0.3, 0.4) is 0 Å². The van der Waals surface area contributed by atoms with E-state index >= 15 is 0 Å². The summed E-state index contributed by atoms with van der Waals surface area (Å²) in [5, 5.41) is 0. The molecule has 0 heterocycles. The summed E-state index contributed by atoms with van der Waals surface area (Å²) in [6.07, 6.45) is -2.49. The fraction of sp³-hybridized carbons (Fsp3) is 0.600. The maximum atomic E-state index is 13.5. The SMILES string of the molecule is NC(Cc1ccccc1F)C1CCC(C(F)(F)F)CC1. The van der Waals surface area contributed by atoms with Gasteiger partial charge in [-0.25, -0.2) is 4.39 Å². The van der Waals surface area contributed by atoms with Gasteiger partial charge in [0.15, 0.2) is 0 Å². The average molecular weight is 289 g/mol. The highest BCUT2D eigenvalue weighted by molar-refractivity contribution is 5.18. The first-order valence-electron chi connectivity index (χ1n) is 6.93. The van der Waals surface area contributed by atoms with Crippen LogP contribution in [0.1, 0.15) is 31.2 Å². The van der Waals surface area contributed by atoms with Gasteiger partial charge in [-0.2, -0.15) is 13.2 Å². The van der Waals surface area contributed by atoms with E-state index in [1.807, 2.05) is 0 Å². The molecule has 1 fully saturated rings. The van der Waals surface area contributed by atoms with Crippen LogP contribution in [0.2, 0.25) is 0 Å². The summed E-state index contributed by atoms with van der Waals surface area (Å²) in [4.78, 5) is 0. The molecule has 1 aromatic carbocycles. The number of alkyl halides is 3. The Morgan fingerprint density at radius 2 is 1.70 bits per heavy atom. The Bertz CT molecular complexity index is 436. The van der Waals surface area contributed by atoms with Crippen LogP contribution >= 0.6 is 0 Å². The number of benzene rings is 1. The first-order chi connectivity index (χ1) is 9.38. The second kappa shape index (κ2) is 6.12. The van der Waals surface area contributed by atoms with E-state index < -0.39 is 12.1 Å². The topological polar surface area (TPSA) is 26.0 Å². The Morgan fingerprint density at radius 1 is 1.10 bits per heavy atom. The first kappa shape index (κ1) is 15.3. The van der Waals surface area contributed by atoms with E-state index in [1.54, 1.807) is 18.2 Å². The van der Waals surface area contributed by atoms with Gasteiger partial charge in [0.2, 0.25) is 0 Å². The van der Waals surface area contributed by atoms with Crippen LogP contribution in [0.4, 0.5) is 17.6 Å². The molecule has 1 aromatic rings. The van der Waals surface area contributed by atoms with E-state index in [0.29, 0.717) is 24.8 Å². The van der Waals surface area contributed by atoms with Gasteiger partial charge in [0.25, 0.3) is 0 Å². The van der Waals surface area contributed by atoms with Crippen molar-refractivity contribution in [1.29, 1.82) is 0 Å². The van der Waals surface area contributed by atoms with Crippen molar-refractivity contribution >= 4 is 0 Å². The Labute approximate surface area is 116 Å². The molecule has 1 unspecified atom stereocenters. The van der Waals surface area contributed by atoms with Crippen LogP contribution in [-0.2, 0) is 6.42 Å². The van der Waals surface area contributed by atoms with Crippen LogP contribution < -0.4 is 5.73 Å². The predicted molar refractivity (Wildman–Crippen MR) is 69.6 cm³/mol. The fourth-order valence-corrected chi connectivity index (χ4v) is 2.96. The highest BCUT2D eigenvalue weighted by atomic mass is 19.4. The molecule has 1 aliphatic rings. The molecule has 0 spiro atoms. The van der Waals surface area contributed by atoms with Crippen molar-refractivity contribution < 1.29 is 17.6 Å². The standard InChI is InChI=1S/C15H19F4N/c16-13-4-2-1-3-11(13)9-14(20)10-5-7-12(8-6-10)15(17,18)19/h1-4,10,12,14H,5-9,20H2. The van der Waals surface area contributed by atoms with Crippen LogP contribution in [0.5, 0.6) is 0 Å². The molecule has 1 atom stereocenters. The lowest BCUT2D eigenvalue weighted by Crippen LogP contribution is -2.37. The summed E-state index contributed by atoms with van der Waals surface area (Å²) in [7, 11) is 0. The molecule has 1 nitrogen and oxygen atoms in total. The number of rotatable bonds is 3. The van der Waals surface area contributed by atoms with Crippen molar-refractivity contribution in [2.24, 2.45) is 17.6 Å². The zero-order chi connectivity index (χ0) is 14.8. The minimum atomic E-state index is -4.10. The molecule has 1 aliphatic carbocycles. The Hall–Kier alpha value is -1.10. The van der Waals surface area contributed by atoms with Crippen molar-refractivity contribution in [3.8, 4) is 0 Å². The first-order valence-corrected chi connectivity index (χ1v) is 6.93. The van der Waals surface area contributed by atoms with Crippen LogP contribution in [-0.4, -0.2) is 12.2 Å². The molecule has 0 bridgehead atoms. The van der Waals surface area contributed by atoms with Gasteiger partial charge in [0, 0.05) is 6.04 Å². The number of halogens is 4. The van der Waals surface area contributed by atoms with E-state index in [0.717, 1.165) is 0 Å². The van der Waals surface area contributed by atoms with Gasteiger partial charge >= 0.3 is 6.18 Å². The van der Waals surface area contributed by atoms with Crippen molar-refractivity contribution in [3.05, 3.63) is 35.6 Å². The van der Waals surface area contributed by atoms with Crippen molar-refractivity contribution in [2.75, 3.05) is 0 Å². The van der Waals surface area contributed by atoms with E-state index in [4.69, 9.17) is 5.73 Å². The number of hydrogen-bond donors (Lipinski definition) is 1. The second-order valence-electron chi connectivity index (χ2n) is 5.61. The fourth-order valence-electron chi connectivity index (χ4n) is 2.96. The minimum Gasteiger partial charge on any atom is -0.327 e. The van der Waals surface area contributed by atoms with Crippen LogP contribution in [0, 0.1) is 17.7 Å². The molecule has 20 heavy (non-hydrogen) atoms. The molecule has 2 rings (SSSR count). The lowest BCUT2D eigenvalue weighted by molar-refractivity contribution is -0.184. The van der Waals surface area contributed by atoms with E-state index in [1.165, 1.54) is 6.07 Å². The summed E-state index contributed by atoms with van der Waals surface area (Å²) in [6.45, 7) is 0. The molecule has 0 aliphatic heterocycles. The quantitative estimate of drug-likeness (QED) is 0.834. The molecule has 1 saturated carbocycles. The third kappa shape index (κ3) is 3.72. The van der Waals surface area contributed by atoms with E-state index in [-0.39, 0.29) is 30.6 Å². The van der Waals surface area contributed by atoms with Gasteiger partial charge < -0.3 is 5.73 Å². The van der Waals surface area contributed by atoms with Crippen LogP contribution in [0.25, 0.3) is 0 Å². The van der Waals surface area contributed by atoms with Crippen LogP contribution in [0.15, 0.2) is 24.3 Å². The summed E-state index contributed by atoms with van der Waals surface area (Å²) < 4.78 is 51.3. The third-order valence-electron chi connectivity index (χ3n) is 4.25. The zero-order valence-corrected chi connectivity index (χ0v) is 11.2. The van der Waals surface area contributed by atoms with Gasteiger partial charge in [-0.15, -0.1) is 0 Å². The average Bonchev–Trinajstić information content (AvgIpc) is 2.40. The monoisotopic (exact) mass is 289 g/mol. The molecular formula is C15H19F4N. The van der Waals surface area contributed by atoms with Gasteiger partial charge in [-0.3, -0.25) is 0 Å². The van der Waals surface area contributed by atoms with Gasteiger partial charge in [0.1, 0.15) is 5.82 Å². The normalized spacial score (nSPS) is 25.4. The smallest absolute Gasteiger partial charge is 0.327 e.